The van der Waals surface area contributed by atoms with Crippen LogP contribution in [-0.4, -0.2) is 43.7 Å². The summed E-state index contributed by atoms with van der Waals surface area (Å²) in [5.41, 5.74) is 0. The molecule has 1 aliphatic heterocycles. The van der Waals surface area contributed by atoms with E-state index in [-0.39, 0.29) is 12.0 Å². The number of hydrogen-bond acceptors (Lipinski definition) is 6. The minimum Gasteiger partial charge on any atom is -0.458 e. The summed E-state index contributed by atoms with van der Waals surface area (Å²) in [5.74, 6) is -0.735. The van der Waals surface area contributed by atoms with Gasteiger partial charge in [0.05, 0.1) is 6.10 Å². The van der Waals surface area contributed by atoms with Gasteiger partial charge in [0.15, 0.2) is 12.4 Å². The minimum absolute atomic E-state index is 0.0381. The van der Waals surface area contributed by atoms with E-state index >= 15 is 0 Å². The third-order valence-electron chi connectivity index (χ3n) is 2.94. The summed E-state index contributed by atoms with van der Waals surface area (Å²) in [6, 6.07) is 0. The Hall–Kier alpha value is -1.14. The van der Waals surface area contributed by atoms with Crippen LogP contribution < -0.4 is 0 Å². The first-order valence-corrected chi connectivity index (χ1v) is 5.55. The molecule has 6 nitrogen and oxygen atoms in total. The molecule has 0 aromatic heterocycles. The van der Waals surface area contributed by atoms with E-state index in [1.165, 1.54) is 21.0 Å². The van der Waals surface area contributed by atoms with Crippen LogP contribution >= 0.6 is 0 Å². The van der Waals surface area contributed by atoms with Crippen molar-refractivity contribution in [2.45, 2.75) is 44.9 Å². The molecule has 1 saturated carbocycles. The second kappa shape index (κ2) is 4.62. The molecule has 5 atom stereocenters. The zero-order chi connectivity index (χ0) is 12.6. The fourth-order valence-corrected chi connectivity index (χ4v) is 2.19. The summed E-state index contributed by atoms with van der Waals surface area (Å²) in [5, 5.41) is 0. The van der Waals surface area contributed by atoms with Gasteiger partial charge < -0.3 is 18.9 Å². The summed E-state index contributed by atoms with van der Waals surface area (Å²) in [6.07, 6.45) is -0.997. The third-order valence-corrected chi connectivity index (χ3v) is 2.94. The molecule has 1 aliphatic carbocycles. The summed E-state index contributed by atoms with van der Waals surface area (Å²) in [7, 11) is 1.47. The van der Waals surface area contributed by atoms with Crippen molar-refractivity contribution in [1.29, 1.82) is 0 Å². The Morgan fingerprint density at radius 2 is 1.71 bits per heavy atom. The molecular formula is C11H16O6. The first-order chi connectivity index (χ1) is 8.02. The molecule has 2 fully saturated rings. The molecular weight excluding hydrogens is 228 g/mol. The molecule has 0 unspecified atom stereocenters. The van der Waals surface area contributed by atoms with Crippen molar-refractivity contribution < 1.29 is 28.5 Å². The molecule has 96 valence electrons. The fraction of sp³-hybridized carbons (Fsp3) is 0.818. The topological polar surface area (TPSA) is 71.1 Å². The highest BCUT2D eigenvalue weighted by Crippen LogP contribution is 2.46. The lowest BCUT2D eigenvalue weighted by Crippen LogP contribution is -2.50. The summed E-state index contributed by atoms with van der Waals surface area (Å²) < 4.78 is 21.0. The molecule has 1 saturated heterocycles. The maximum Gasteiger partial charge on any atom is 0.303 e. The van der Waals surface area contributed by atoms with Crippen LogP contribution in [0, 0.1) is 5.92 Å². The molecule has 0 bridgehead atoms. The van der Waals surface area contributed by atoms with Crippen molar-refractivity contribution in [2.24, 2.45) is 5.92 Å². The third kappa shape index (κ3) is 2.58. The molecule has 0 aromatic rings. The molecule has 17 heavy (non-hydrogen) atoms. The monoisotopic (exact) mass is 244 g/mol. The average molecular weight is 244 g/mol. The van der Waals surface area contributed by atoms with Gasteiger partial charge in [-0.1, -0.05) is 0 Å². The van der Waals surface area contributed by atoms with E-state index < -0.39 is 30.4 Å². The van der Waals surface area contributed by atoms with Gasteiger partial charge in [0.25, 0.3) is 0 Å². The van der Waals surface area contributed by atoms with Crippen molar-refractivity contribution in [1.82, 2.24) is 0 Å². The molecule has 1 heterocycles. The van der Waals surface area contributed by atoms with Crippen LogP contribution in [0.3, 0.4) is 0 Å². The SMILES string of the molecule is CO[C@H]1O[C@@H]2C[C@@H]2[C@H](OC(C)=O)[C@H]1OC(C)=O. The predicted octanol–water partition coefficient (Wildman–Crippen LogP) is 0.241. The molecule has 2 aliphatic rings. The maximum absolute atomic E-state index is 11.1. The van der Waals surface area contributed by atoms with E-state index in [2.05, 4.69) is 0 Å². The number of ether oxygens (including phenoxy) is 4. The van der Waals surface area contributed by atoms with Gasteiger partial charge in [-0.2, -0.15) is 0 Å². The van der Waals surface area contributed by atoms with E-state index in [1.54, 1.807) is 0 Å². The molecule has 6 heteroatoms. The van der Waals surface area contributed by atoms with E-state index in [1.807, 2.05) is 0 Å². The quantitative estimate of drug-likeness (QED) is 0.662. The molecule has 0 aromatic carbocycles. The van der Waals surface area contributed by atoms with Crippen molar-refractivity contribution in [3.05, 3.63) is 0 Å². The smallest absolute Gasteiger partial charge is 0.303 e. The van der Waals surface area contributed by atoms with Crippen LogP contribution in [0.15, 0.2) is 0 Å². The highest BCUT2D eigenvalue weighted by molar-refractivity contribution is 5.67. The van der Waals surface area contributed by atoms with Crippen molar-refractivity contribution in [3.63, 3.8) is 0 Å². The lowest BCUT2D eigenvalue weighted by molar-refractivity contribution is -0.250. The molecule has 0 N–H and O–H groups in total. The normalized spacial score (nSPS) is 39.1. The number of esters is 2. The lowest BCUT2D eigenvalue weighted by atomic mass is 10.1. The first-order valence-electron chi connectivity index (χ1n) is 5.55. The molecule has 0 radical (unpaired) electrons. The second-order valence-electron chi connectivity index (χ2n) is 4.33. The number of fused-ring (bicyclic) bond motifs is 1. The number of carbonyl (C=O) groups is 2. The van der Waals surface area contributed by atoms with E-state index in [0.29, 0.717) is 0 Å². The maximum atomic E-state index is 11.1. The van der Waals surface area contributed by atoms with Gasteiger partial charge in [-0.05, 0) is 6.42 Å². The Labute approximate surface area is 99.2 Å². The summed E-state index contributed by atoms with van der Waals surface area (Å²) >= 11 is 0. The summed E-state index contributed by atoms with van der Waals surface area (Å²) in [4.78, 5) is 22.1. The van der Waals surface area contributed by atoms with Crippen LogP contribution in [-0.2, 0) is 28.5 Å². The summed E-state index contributed by atoms with van der Waals surface area (Å²) in [6.45, 7) is 2.63. The predicted molar refractivity (Wildman–Crippen MR) is 54.9 cm³/mol. The number of carbonyl (C=O) groups excluding carboxylic acids is 2. The Balaban J connectivity index is 2.11. The van der Waals surface area contributed by atoms with Gasteiger partial charge in [0.2, 0.25) is 0 Å². The van der Waals surface area contributed by atoms with Gasteiger partial charge in [-0.3, -0.25) is 9.59 Å². The second-order valence-corrected chi connectivity index (χ2v) is 4.33. The van der Waals surface area contributed by atoms with Crippen LogP contribution in [0.25, 0.3) is 0 Å². The first kappa shape index (κ1) is 12.3. The fourth-order valence-electron chi connectivity index (χ4n) is 2.19. The minimum atomic E-state index is -0.690. The highest BCUT2D eigenvalue weighted by Gasteiger charge is 2.58. The van der Waals surface area contributed by atoms with Crippen LogP contribution in [0.4, 0.5) is 0 Å². The largest absolute Gasteiger partial charge is 0.458 e. The van der Waals surface area contributed by atoms with E-state index in [0.717, 1.165) is 6.42 Å². The Kier molecular flexibility index (Phi) is 3.35. The van der Waals surface area contributed by atoms with Crippen LogP contribution in [0.1, 0.15) is 20.3 Å². The zero-order valence-corrected chi connectivity index (χ0v) is 10.0. The Morgan fingerprint density at radius 1 is 1.12 bits per heavy atom. The van der Waals surface area contributed by atoms with Crippen LogP contribution in [0.5, 0.6) is 0 Å². The molecule has 0 spiro atoms. The number of methoxy groups -OCH3 is 1. The Morgan fingerprint density at radius 3 is 2.24 bits per heavy atom. The van der Waals surface area contributed by atoms with Gasteiger partial charge >= 0.3 is 11.9 Å². The van der Waals surface area contributed by atoms with E-state index in [9.17, 15) is 9.59 Å². The van der Waals surface area contributed by atoms with Gasteiger partial charge in [0.1, 0.15) is 6.10 Å². The average Bonchev–Trinajstić information content (AvgIpc) is 2.98. The van der Waals surface area contributed by atoms with Crippen molar-refractivity contribution >= 4 is 11.9 Å². The standard InChI is InChI=1S/C11H16O6/c1-5(12)15-9-7-4-8(7)17-11(14-3)10(9)16-6(2)13/h7-11H,4H2,1-3H3/t7-,8+,9-,10+,11-/m0/s1. The van der Waals surface area contributed by atoms with Crippen LogP contribution in [0.2, 0.25) is 0 Å². The molecule has 2 rings (SSSR count). The van der Waals surface area contributed by atoms with Gasteiger partial charge in [-0.15, -0.1) is 0 Å². The van der Waals surface area contributed by atoms with Crippen molar-refractivity contribution in [3.8, 4) is 0 Å². The number of rotatable bonds is 3. The van der Waals surface area contributed by atoms with Gasteiger partial charge in [-0.25, -0.2) is 0 Å². The Bertz CT molecular complexity index is 328. The van der Waals surface area contributed by atoms with E-state index in [4.69, 9.17) is 18.9 Å². The number of hydrogen-bond donors (Lipinski definition) is 0. The zero-order valence-electron chi connectivity index (χ0n) is 10.0. The van der Waals surface area contributed by atoms with Gasteiger partial charge in [0, 0.05) is 26.9 Å². The lowest BCUT2D eigenvalue weighted by Gasteiger charge is -2.35. The molecule has 0 amide bonds. The highest BCUT2D eigenvalue weighted by atomic mass is 16.7. The van der Waals surface area contributed by atoms with Crippen molar-refractivity contribution in [2.75, 3.05) is 7.11 Å².